The highest BCUT2D eigenvalue weighted by Crippen LogP contribution is 2.47. The van der Waals surface area contributed by atoms with E-state index in [1.807, 2.05) is 25.9 Å². The zero-order valence-electron chi connectivity index (χ0n) is 13.2. The lowest BCUT2D eigenvalue weighted by Gasteiger charge is -2.17. The van der Waals surface area contributed by atoms with Gasteiger partial charge in [0.1, 0.15) is 5.41 Å². The number of benzene rings is 1. The Labute approximate surface area is 136 Å². The summed E-state index contributed by atoms with van der Waals surface area (Å²) in [6.07, 6.45) is 1.19. The van der Waals surface area contributed by atoms with E-state index in [4.69, 9.17) is 11.6 Å². The Kier molecular flexibility index (Phi) is 5.08. The zero-order chi connectivity index (χ0) is 16.3. The summed E-state index contributed by atoms with van der Waals surface area (Å²) >= 11 is 5.91. The fourth-order valence-corrected chi connectivity index (χ4v) is 2.48. The summed E-state index contributed by atoms with van der Waals surface area (Å²) in [5, 5.41) is 6.32. The fraction of sp³-hybridized carbons (Fsp3) is 0.500. The second-order valence-electron chi connectivity index (χ2n) is 6.05. The molecule has 1 aliphatic rings. The van der Waals surface area contributed by atoms with Crippen LogP contribution in [0.25, 0.3) is 0 Å². The summed E-state index contributed by atoms with van der Waals surface area (Å²) in [6.45, 7) is 3.17. The molecule has 1 aliphatic carbocycles. The van der Waals surface area contributed by atoms with Crippen molar-refractivity contribution in [3.05, 3.63) is 28.8 Å². The Morgan fingerprint density at radius 2 is 1.95 bits per heavy atom. The predicted molar refractivity (Wildman–Crippen MR) is 88.0 cm³/mol. The normalized spacial score (nSPS) is 15.5. The van der Waals surface area contributed by atoms with E-state index in [0.29, 0.717) is 30.1 Å². The highest BCUT2D eigenvalue weighted by atomic mass is 35.5. The lowest BCUT2D eigenvalue weighted by molar-refractivity contribution is -0.134. The van der Waals surface area contributed by atoms with Crippen molar-refractivity contribution in [1.29, 1.82) is 0 Å². The van der Waals surface area contributed by atoms with Crippen LogP contribution in [0.15, 0.2) is 18.2 Å². The molecule has 0 unspecified atom stereocenters. The van der Waals surface area contributed by atoms with Crippen LogP contribution >= 0.6 is 11.6 Å². The molecule has 22 heavy (non-hydrogen) atoms. The van der Waals surface area contributed by atoms with Crippen molar-refractivity contribution in [1.82, 2.24) is 10.2 Å². The molecule has 2 N–H and O–H groups in total. The van der Waals surface area contributed by atoms with E-state index < -0.39 is 5.41 Å². The van der Waals surface area contributed by atoms with Crippen LogP contribution < -0.4 is 10.6 Å². The SMILES string of the molecule is Cc1cc(Cl)ccc1NC(=O)C1(C(=O)NCCN(C)C)CC1. The number of amides is 2. The summed E-state index contributed by atoms with van der Waals surface area (Å²) in [5.41, 5.74) is 0.671. The monoisotopic (exact) mass is 323 g/mol. The largest absolute Gasteiger partial charge is 0.354 e. The molecule has 0 aliphatic heterocycles. The van der Waals surface area contributed by atoms with Crippen molar-refractivity contribution in [3.63, 3.8) is 0 Å². The van der Waals surface area contributed by atoms with Gasteiger partial charge in [0.2, 0.25) is 11.8 Å². The van der Waals surface area contributed by atoms with Gasteiger partial charge in [-0.05, 0) is 57.6 Å². The molecule has 0 aromatic heterocycles. The van der Waals surface area contributed by atoms with Crippen molar-refractivity contribution in [2.75, 3.05) is 32.5 Å². The van der Waals surface area contributed by atoms with Gasteiger partial charge in [0.15, 0.2) is 0 Å². The molecule has 0 heterocycles. The second-order valence-corrected chi connectivity index (χ2v) is 6.49. The van der Waals surface area contributed by atoms with Gasteiger partial charge in [0, 0.05) is 23.8 Å². The number of nitrogens with zero attached hydrogens (tertiary/aromatic N) is 1. The number of nitrogens with one attached hydrogen (secondary N) is 2. The third-order valence-corrected chi connectivity index (χ3v) is 4.14. The number of carbonyl (C=O) groups excluding carboxylic acids is 2. The lowest BCUT2D eigenvalue weighted by Crippen LogP contribution is -2.42. The van der Waals surface area contributed by atoms with Gasteiger partial charge < -0.3 is 15.5 Å². The molecule has 5 nitrogen and oxygen atoms in total. The minimum Gasteiger partial charge on any atom is -0.354 e. The van der Waals surface area contributed by atoms with Crippen molar-refractivity contribution in [3.8, 4) is 0 Å². The molecule has 0 atom stereocenters. The topological polar surface area (TPSA) is 61.4 Å². The van der Waals surface area contributed by atoms with Crippen LogP contribution in [0.4, 0.5) is 5.69 Å². The number of carbonyl (C=O) groups is 2. The molecule has 0 saturated heterocycles. The molecule has 2 rings (SSSR count). The van der Waals surface area contributed by atoms with Gasteiger partial charge in [-0.3, -0.25) is 9.59 Å². The molecule has 0 radical (unpaired) electrons. The Balaban J connectivity index is 1.97. The number of hydrogen-bond donors (Lipinski definition) is 2. The quantitative estimate of drug-likeness (QED) is 0.788. The Hall–Kier alpha value is -1.59. The van der Waals surface area contributed by atoms with Crippen LogP contribution in [0.2, 0.25) is 5.02 Å². The summed E-state index contributed by atoms with van der Waals surface area (Å²) in [7, 11) is 3.88. The number of rotatable bonds is 6. The predicted octanol–water partition coefficient (Wildman–Crippen LogP) is 2.04. The maximum absolute atomic E-state index is 12.5. The first-order valence-electron chi connectivity index (χ1n) is 7.36. The summed E-state index contributed by atoms with van der Waals surface area (Å²) in [6, 6.07) is 5.27. The van der Waals surface area contributed by atoms with Crippen molar-refractivity contribution in [2.24, 2.45) is 5.41 Å². The number of aryl methyl sites for hydroxylation is 1. The maximum atomic E-state index is 12.5. The molecule has 1 aromatic rings. The summed E-state index contributed by atoms with van der Waals surface area (Å²) < 4.78 is 0. The van der Waals surface area contributed by atoms with Crippen LogP contribution in [-0.4, -0.2) is 43.9 Å². The van der Waals surface area contributed by atoms with E-state index in [1.54, 1.807) is 18.2 Å². The van der Waals surface area contributed by atoms with Crippen LogP contribution in [0.5, 0.6) is 0 Å². The first kappa shape index (κ1) is 16.8. The van der Waals surface area contributed by atoms with Gasteiger partial charge in [-0.15, -0.1) is 0 Å². The second kappa shape index (κ2) is 6.67. The minimum absolute atomic E-state index is 0.182. The van der Waals surface area contributed by atoms with E-state index in [1.165, 1.54) is 0 Å². The summed E-state index contributed by atoms with van der Waals surface area (Å²) in [5.74, 6) is -0.418. The molecule has 2 amide bonds. The van der Waals surface area contributed by atoms with Gasteiger partial charge in [0.05, 0.1) is 0 Å². The third kappa shape index (κ3) is 3.78. The van der Waals surface area contributed by atoms with Crippen molar-refractivity contribution in [2.45, 2.75) is 19.8 Å². The molecule has 0 spiro atoms. The standard InChI is InChI=1S/C16H22ClN3O2/c1-11-10-12(17)4-5-13(11)19-15(22)16(6-7-16)14(21)18-8-9-20(2)3/h4-5,10H,6-9H2,1-3H3,(H,18,21)(H,19,22). The first-order valence-corrected chi connectivity index (χ1v) is 7.73. The summed E-state index contributed by atoms with van der Waals surface area (Å²) in [4.78, 5) is 26.7. The molecule has 1 aromatic carbocycles. The van der Waals surface area contributed by atoms with Gasteiger partial charge in [0.25, 0.3) is 0 Å². The van der Waals surface area contributed by atoms with E-state index in [2.05, 4.69) is 10.6 Å². The number of halogens is 1. The Morgan fingerprint density at radius 3 is 2.50 bits per heavy atom. The van der Waals surface area contributed by atoms with Crippen molar-refractivity contribution >= 4 is 29.1 Å². The average molecular weight is 324 g/mol. The van der Waals surface area contributed by atoms with E-state index in [-0.39, 0.29) is 11.8 Å². The van der Waals surface area contributed by atoms with Crippen LogP contribution in [0.1, 0.15) is 18.4 Å². The highest BCUT2D eigenvalue weighted by molar-refractivity contribution is 6.30. The van der Waals surface area contributed by atoms with E-state index >= 15 is 0 Å². The molecular weight excluding hydrogens is 302 g/mol. The number of likely N-dealkylation sites (N-methyl/N-ethyl adjacent to an activating group) is 1. The van der Waals surface area contributed by atoms with Gasteiger partial charge >= 0.3 is 0 Å². The van der Waals surface area contributed by atoms with E-state index in [9.17, 15) is 9.59 Å². The smallest absolute Gasteiger partial charge is 0.240 e. The number of anilines is 1. The fourth-order valence-electron chi connectivity index (χ4n) is 2.25. The Morgan fingerprint density at radius 1 is 1.27 bits per heavy atom. The molecule has 1 fully saturated rings. The Bertz CT molecular complexity index is 583. The third-order valence-electron chi connectivity index (χ3n) is 3.90. The molecular formula is C16H22ClN3O2. The average Bonchev–Trinajstić information content (AvgIpc) is 3.23. The highest BCUT2D eigenvalue weighted by Gasteiger charge is 2.56. The van der Waals surface area contributed by atoms with Gasteiger partial charge in [-0.1, -0.05) is 11.6 Å². The minimum atomic E-state index is -0.904. The lowest BCUT2D eigenvalue weighted by atomic mass is 10.0. The maximum Gasteiger partial charge on any atom is 0.240 e. The van der Waals surface area contributed by atoms with Crippen LogP contribution in [-0.2, 0) is 9.59 Å². The van der Waals surface area contributed by atoms with Crippen LogP contribution in [0.3, 0.4) is 0 Å². The van der Waals surface area contributed by atoms with Crippen molar-refractivity contribution < 1.29 is 9.59 Å². The first-order chi connectivity index (χ1) is 10.3. The number of hydrogen-bond acceptors (Lipinski definition) is 3. The molecule has 1 saturated carbocycles. The van der Waals surface area contributed by atoms with Crippen LogP contribution in [0, 0.1) is 12.3 Å². The van der Waals surface area contributed by atoms with Gasteiger partial charge in [-0.25, -0.2) is 0 Å². The molecule has 120 valence electrons. The molecule has 6 heteroatoms. The molecule has 0 bridgehead atoms. The zero-order valence-corrected chi connectivity index (χ0v) is 14.0. The van der Waals surface area contributed by atoms with Gasteiger partial charge in [-0.2, -0.15) is 0 Å². The van der Waals surface area contributed by atoms with E-state index in [0.717, 1.165) is 12.1 Å².